The van der Waals surface area contributed by atoms with Gasteiger partial charge < -0.3 is 10.1 Å². The predicted molar refractivity (Wildman–Crippen MR) is 92.9 cm³/mol. The fourth-order valence-corrected chi connectivity index (χ4v) is 2.79. The summed E-state index contributed by atoms with van der Waals surface area (Å²) in [6, 6.07) is 6.28. The number of nitrogens with one attached hydrogen (secondary N) is 2. The first-order valence-electron chi connectivity index (χ1n) is 6.99. The van der Waals surface area contributed by atoms with Crippen LogP contribution in [0.25, 0.3) is 0 Å². The number of anilines is 2. The van der Waals surface area contributed by atoms with Crippen LogP contribution in [-0.4, -0.2) is 11.7 Å². The van der Waals surface area contributed by atoms with Gasteiger partial charge in [0.1, 0.15) is 11.4 Å². The molecule has 0 spiro atoms. The highest BCUT2D eigenvalue weighted by molar-refractivity contribution is 7.10. The van der Waals surface area contributed by atoms with Crippen molar-refractivity contribution in [2.75, 3.05) is 10.6 Å². The van der Waals surface area contributed by atoms with E-state index in [-0.39, 0.29) is 5.69 Å². The van der Waals surface area contributed by atoms with E-state index in [0.717, 1.165) is 4.88 Å². The number of ether oxygens (including phenoxy) is 1. The maximum absolute atomic E-state index is 13.8. The van der Waals surface area contributed by atoms with E-state index in [1.807, 2.05) is 11.4 Å². The number of carbonyl (C=O) groups excluding carboxylic acids is 1. The van der Waals surface area contributed by atoms with Crippen molar-refractivity contribution < 1.29 is 13.9 Å². The molecule has 7 heteroatoms. The third-order valence-corrected chi connectivity index (χ3v) is 3.97. The van der Waals surface area contributed by atoms with E-state index in [4.69, 9.17) is 16.3 Å². The monoisotopic (exact) mass is 356 g/mol. The third-order valence-electron chi connectivity index (χ3n) is 2.69. The lowest BCUT2D eigenvalue weighted by atomic mass is 10.2. The van der Waals surface area contributed by atoms with Gasteiger partial charge in [-0.1, -0.05) is 11.6 Å². The van der Waals surface area contributed by atoms with E-state index in [0.29, 0.717) is 17.3 Å². The van der Waals surface area contributed by atoms with Crippen LogP contribution in [0.2, 0.25) is 5.02 Å². The Morgan fingerprint density at radius 3 is 2.70 bits per heavy atom. The zero-order valence-corrected chi connectivity index (χ0v) is 14.6. The molecule has 0 bridgehead atoms. The Morgan fingerprint density at radius 1 is 1.35 bits per heavy atom. The van der Waals surface area contributed by atoms with Crippen LogP contribution >= 0.6 is 22.9 Å². The first-order valence-corrected chi connectivity index (χ1v) is 8.25. The molecule has 1 heterocycles. The van der Waals surface area contributed by atoms with Crippen LogP contribution < -0.4 is 10.6 Å². The number of halogens is 2. The fraction of sp³-hybridized carbons (Fsp3) is 0.312. The van der Waals surface area contributed by atoms with Gasteiger partial charge in [-0.15, -0.1) is 11.3 Å². The van der Waals surface area contributed by atoms with Crippen molar-refractivity contribution in [1.82, 2.24) is 0 Å². The zero-order chi connectivity index (χ0) is 17.0. The highest BCUT2D eigenvalue weighted by atomic mass is 35.5. The normalized spacial score (nSPS) is 11.2. The molecule has 0 atom stereocenters. The lowest BCUT2D eigenvalue weighted by molar-refractivity contribution is 0.0635. The summed E-state index contributed by atoms with van der Waals surface area (Å²) in [5.74, 6) is -0.527. The summed E-state index contributed by atoms with van der Waals surface area (Å²) in [7, 11) is 0. The Hall–Kier alpha value is -1.79. The number of benzene rings is 1. The maximum atomic E-state index is 13.8. The van der Waals surface area contributed by atoms with Crippen molar-refractivity contribution in [2.45, 2.75) is 32.9 Å². The van der Waals surface area contributed by atoms with Crippen LogP contribution in [0.5, 0.6) is 0 Å². The van der Waals surface area contributed by atoms with E-state index >= 15 is 0 Å². The fourth-order valence-electron chi connectivity index (χ4n) is 1.78. The molecule has 0 saturated heterocycles. The van der Waals surface area contributed by atoms with Crippen LogP contribution in [0.3, 0.4) is 0 Å². The SMILES string of the molecule is CC(C)(C)OC(=O)Nc1cc(NCc2cc(Cl)cs2)ccc1F. The summed E-state index contributed by atoms with van der Waals surface area (Å²) in [4.78, 5) is 12.8. The average Bonchev–Trinajstić information content (AvgIpc) is 2.83. The molecular weight excluding hydrogens is 339 g/mol. The summed E-state index contributed by atoms with van der Waals surface area (Å²) >= 11 is 7.40. The molecule has 4 nitrogen and oxygen atoms in total. The Morgan fingerprint density at radius 2 is 2.09 bits per heavy atom. The Bertz CT molecular complexity index is 698. The van der Waals surface area contributed by atoms with E-state index in [9.17, 15) is 9.18 Å². The van der Waals surface area contributed by atoms with Gasteiger partial charge in [-0.25, -0.2) is 9.18 Å². The lowest BCUT2D eigenvalue weighted by Crippen LogP contribution is -2.27. The molecule has 2 aromatic rings. The number of thiophene rings is 1. The minimum absolute atomic E-state index is 0.0634. The quantitative estimate of drug-likeness (QED) is 0.760. The van der Waals surface area contributed by atoms with Crippen LogP contribution in [0.4, 0.5) is 20.6 Å². The molecule has 23 heavy (non-hydrogen) atoms. The van der Waals surface area contributed by atoms with Gasteiger partial charge in [-0.3, -0.25) is 5.32 Å². The second-order valence-corrected chi connectivity index (χ2v) is 7.34. The summed E-state index contributed by atoms with van der Waals surface area (Å²) in [5.41, 5.74) is 0.102. The van der Waals surface area contributed by atoms with Crippen molar-refractivity contribution in [3.8, 4) is 0 Å². The van der Waals surface area contributed by atoms with E-state index < -0.39 is 17.5 Å². The molecular formula is C16H18ClFN2O2S. The summed E-state index contributed by atoms with van der Waals surface area (Å²) in [6.07, 6.45) is -0.696. The highest BCUT2D eigenvalue weighted by Gasteiger charge is 2.17. The van der Waals surface area contributed by atoms with E-state index in [1.165, 1.54) is 23.5 Å². The van der Waals surface area contributed by atoms with Gasteiger partial charge >= 0.3 is 6.09 Å². The molecule has 1 aromatic heterocycles. The standard InChI is InChI=1S/C16H18ClFN2O2S/c1-16(2,3)22-15(21)20-14-7-11(4-5-13(14)18)19-8-12-6-10(17)9-23-12/h4-7,9,19H,8H2,1-3H3,(H,20,21). The Balaban J connectivity index is 2.02. The van der Waals surface area contributed by atoms with Crippen molar-refractivity contribution in [2.24, 2.45) is 0 Å². The molecule has 0 unspecified atom stereocenters. The molecule has 0 fully saturated rings. The predicted octanol–water partition coefficient (Wildman–Crippen LogP) is 5.50. The van der Waals surface area contributed by atoms with Crippen molar-refractivity contribution in [3.05, 3.63) is 45.4 Å². The molecule has 124 valence electrons. The zero-order valence-electron chi connectivity index (χ0n) is 13.1. The topological polar surface area (TPSA) is 50.4 Å². The van der Waals surface area contributed by atoms with Crippen LogP contribution in [0.1, 0.15) is 25.6 Å². The second kappa shape index (κ2) is 7.19. The minimum atomic E-state index is -0.696. The van der Waals surface area contributed by atoms with Gasteiger partial charge in [0, 0.05) is 22.5 Å². The highest BCUT2D eigenvalue weighted by Crippen LogP contribution is 2.23. The third kappa shape index (κ3) is 5.73. The van der Waals surface area contributed by atoms with Gasteiger partial charge in [-0.05, 0) is 45.0 Å². The summed E-state index contributed by atoms with van der Waals surface area (Å²) in [6.45, 7) is 5.79. The molecule has 0 aliphatic heterocycles. The smallest absolute Gasteiger partial charge is 0.412 e. The molecule has 1 aromatic carbocycles. The van der Waals surface area contributed by atoms with E-state index in [2.05, 4.69) is 10.6 Å². The van der Waals surface area contributed by atoms with Gasteiger partial charge in [0.05, 0.1) is 10.7 Å². The van der Waals surface area contributed by atoms with Gasteiger partial charge in [0.25, 0.3) is 0 Å². The molecule has 0 radical (unpaired) electrons. The number of amides is 1. The van der Waals surface area contributed by atoms with Crippen LogP contribution in [0.15, 0.2) is 29.6 Å². The second-order valence-electron chi connectivity index (χ2n) is 5.91. The maximum Gasteiger partial charge on any atom is 0.412 e. The van der Waals surface area contributed by atoms with E-state index in [1.54, 1.807) is 26.8 Å². The van der Waals surface area contributed by atoms with Gasteiger partial charge in [0.15, 0.2) is 0 Å². The Kier molecular flexibility index (Phi) is 5.49. The molecule has 2 N–H and O–H groups in total. The van der Waals surface area contributed by atoms with Crippen LogP contribution in [0, 0.1) is 5.82 Å². The largest absolute Gasteiger partial charge is 0.444 e. The molecule has 0 aliphatic rings. The van der Waals surface area contributed by atoms with Gasteiger partial charge in [0.2, 0.25) is 0 Å². The molecule has 2 rings (SSSR count). The van der Waals surface area contributed by atoms with Crippen molar-refractivity contribution in [3.63, 3.8) is 0 Å². The number of hydrogen-bond acceptors (Lipinski definition) is 4. The number of hydrogen-bond donors (Lipinski definition) is 2. The molecule has 1 amide bonds. The van der Waals surface area contributed by atoms with Crippen molar-refractivity contribution in [1.29, 1.82) is 0 Å². The summed E-state index contributed by atoms with van der Waals surface area (Å²) in [5, 5.41) is 8.11. The Labute approximate surface area is 143 Å². The van der Waals surface area contributed by atoms with Gasteiger partial charge in [-0.2, -0.15) is 0 Å². The number of carbonyl (C=O) groups is 1. The van der Waals surface area contributed by atoms with Crippen molar-refractivity contribution >= 4 is 40.4 Å². The number of rotatable bonds is 4. The lowest BCUT2D eigenvalue weighted by Gasteiger charge is -2.20. The average molecular weight is 357 g/mol. The minimum Gasteiger partial charge on any atom is -0.444 e. The molecule has 0 aliphatic carbocycles. The summed E-state index contributed by atoms with van der Waals surface area (Å²) < 4.78 is 18.9. The first-order chi connectivity index (χ1) is 10.7. The van der Waals surface area contributed by atoms with Crippen LogP contribution in [-0.2, 0) is 11.3 Å². The first kappa shape index (κ1) is 17.6. The molecule has 0 saturated carbocycles.